The van der Waals surface area contributed by atoms with Crippen molar-refractivity contribution in [3.63, 3.8) is 0 Å². The summed E-state index contributed by atoms with van der Waals surface area (Å²) in [4.78, 5) is -2.72. The van der Waals surface area contributed by atoms with Crippen molar-refractivity contribution in [1.82, 2.24) is 0 Å². The maximum absolute atomic E-state index is 12.6. The molecule has 112 valence electrons. The van der Waals surface area contributed by atoms with Gasteiger partial charge in [-0.25, -0.2) is 8.42 Å². The highest BCUT2D eigenvalue weighted by atomic mass is 35.5. The summed E-state index contributed by atoms with van der Waals surface area (Å²) < 4.78 is 96.4. The standard InChI is InChI=1S/C10H5ClF6O2S/c11-7-4-2-1-3-6(7)5-8(9(12,13)14)20(18,19)10(15,16)17/h1-5H/b8-5-. The van der Waals surface area contributed by atoms with Crippen LogP contribution >= 0.6 is 11.6 Å². The Morgan fingerprint density at radius 2 is 1.55 bits per heavy atom. The van der Waals surface area contributed by atoms with Gasteiger partial charge in [0.1, 0.15) is 0 Å². The van der Waals surface area contributed by atoms with Crippen LogP contribution in [0.3, 0.4) is 0 Å². The molecule has 0 unspecified atom stereocenters. The predicted molar refractivity (Wildman–Crippen MR) is 60.5 cm³/mol. The van der Waals surface area contributed by atoms with Gasteiger partial charge in [-0.3, -0.25) is 0 Å². The first kappa shape index (κ1) is 16.8. The SMILES string of the molecule is O=S(=O)(/C(=C\c1ccccc1Cl)C(F)(F)F)C(F)(F)F. The quantitative estimate of drug-likeness (QED) is 0.758. The molecule has 10 heteroatoms. The molecule has 1 aromatic carbocycles. The van der Waals surface area contributed by atoms with Crippen molar-refractivity contribution in [3.8, 4) is 0 Å². The average Bonchev–Trinajstić information content (AvgIpc) is 2.24. The third-order valence-electron chi connectivity index (χ3n) is 2.07. The fraction of sp³-hybridized carbons (Fsp3) is 0.200. The number of rotatable bonds is 2. The monoisotopic (exact) mass is 338 g/mol. The summed E-state index contributed by atoms with van der Waals surface area (Å²) in [7, 11) is -6.53. The minimum atomic E-state index is -6.53. The summed E-state index contributed by atoms with van der Waals surface area (Å²) in [6, 6.07) is 4.60. The van der Waals surface area contributed by atoms with E-state index in [0.29, 0.717) is 0 Å². The molecule has 0 heterocycles. The van der Waals surface area contributed by atoms with Crippen LogP contribution in [-0.4, -0.2) is 20.1 Å². The van der Waals surface area contributed by atoms with Gasteiger partial charge in [0.05, 0.1) is 0 Å². The molecular formula is C10H5ClF6O2S. The van der Waals surface area contributed by atoms with Crippen LogP contribution in [0.15, 0.2) is 29.2 Å². The second-order valence-electron chi connectivity index (χ2n) is 3.48. The minimum Gasteiger partial charge on any atom is -0.214 e. The zero-order valence-electron chi connectivity index (χ0n) is 9.26. The molecule has 2 nitrogen and oxygen atoms in total. The highest BCUT2D eigenvalue weighted by Crippen LogP contribution is 2.40. The summed E-state index contributed by atoms with van der Waals surface area (Å²) in [6.07, 6.45) is -5.85. The van der Waals surface area contributed by atoms with Crippen molar-refractivity contribution in [1.29, 1.82) is 0 Å². The summed E-state index contributed by atoms with van der Waals surface area (Å²) in [6.45, 7) is 0. The molecule has 0 radical (unpaired) electrons. The molecule has 0 aliphatic rings. The van der Waals surface area contributed by atoms with Gasteiger partial charge < -0.3 is 0 Å². The Kier molecular flexibility index (Phi) is 4.45. The first-order valence-corrected chi connectivity index (χ1v) is 6.58. The minimum absolute atomic E-state index is 0.148. The zero-order valence-corrected chi connectivity index (χ0v) is 10.8. The van der Waals surface area contributed by atoms with E-state index in [9.17, 15) is 34.8 Å². The largest absolute Gasteiger partial charge is 0.501 e. The van der Waals surface area contributed by atoms with Gasteiger partial charge in [0, 0.05) is 5.02 Å². The highest BCUT2D eigenvalue weighted by Gasteiger charge is 2.56. The van der Waals surface area contributed by atoms with Crippen LogP contribution in [0.5, 0.6) is 0 Å². The van der Waals surface area contributed by atoms with E-state index in [1.807, 2.05) is 0 Å². The molecule has 1 rings (SSSR count). The lowest BCUT2D eigenvalue weighted by atomic mass is 10.2. The van der Waals surface area contributed by atoms with Gasteiger partial charge in [-0.15, -0.1) is 0 Å². The van der Waals surface area contributed by atoms with Gasteiger partial charge in [0.25, 0.3) is 9.84 Å². The van der Waals surface area contributed by atoms with E-state index in [2.05, 4.69) is 0 Å². The summed E-state index contributed by atoms with van der Waals surface area (Å²) in [5.74, 6) is 0. The molecule has 0 aliphatic heterocycles. The number of halogens is 7. The van der Waals surface area contributed by atoms with Crippen molar-refractivity contribution < 1.29 is 34.8 Å². The van der Waals surface area contributed by atoms with Crippen LogP contribution in [0.1, 0.15) is 5.56 Å². The van der Waals surface area contributed by atoms with Crippen molar-refractivity contribution in [2.45, 2.75) is 11.7 Å². The molecule has 0 atom stereocenters. The Morgan fingerprint density at radius 1 is 1.05 bits per heavy atom. The van der Waals surface area contributed by atoms with Crippen molar-refractivity contribution >= 4 is 27.5 Å². The fourth-order valence-corrected chi connectivity index (χ4v) is 2.20. The topological polar surface area (TPSA) is 34.1 Å². The van der Waals surface area contributed by atoms with Crippen LogP contribution < -0.4 is 0 Å². The van der Waals surface area contributed by atoms with Gasteiger partial charge in [0.15, 0.2) is 4.91 Å². The maximum atomic E-state index is 12.6. The molecule has 0 aliphatic carbocycles. The molecule has 0 bridgehead atoms. The van der Waals surface area contributed by atoms with E-state index in [1.165, 1.54) is 12.1 Å². The van der Waals surface area contributed by atoms with E-state index in [0.717, 1.165) is 12.1 Å². The van der Waals surface area contributed by atoms with Gasteiger partial charge in [0.2, 0.25) is 0 Å². The lowest BCUT2D eigenvalue weighted by Gasteiger charge is -2.14. The number of alkyl halides is 6. The van der Waals surface area contributed by atoms with Crippen LogP contribution in [0.4, 0.5) is 26.3 Å². The van der Waals surface area contributed by atoms with Gasteiger partial charge in [-0.1, -0.05) is 29.8 Å². The molecule has 0 spiro atoms. The summed E-state index contributed by atoms with van der Waals surface area (Å²) in [5, 5.41) is -0.313. The molecule has 0 aromatic heterocycles. The molecule has 0 saturated heterocycles. The second kappa shape index (κ2) is 5.28. The summed E-state index contributed by atoms with van der Waals surface area (Å²) >= 11 is 5.49. The molecular weight excluding hydrogens is 334 g/mol. The average molecular weight is 339 g/mol. The van der Waals surface area contributed by atoms with Crippen molar-refractivity contribution in [2.24, 2.45) is 0 Å². The summed E-state index contributed by atoms with van der Waals surface area (Å²) in [5.41, 5.74) is -6.55. The number of allylic oxidation sites excluding steroid dienone is 1. The van der Waals surface area contributed by atoms with Crippen molar-refractivity contribution in [3.05, 3.63) is 39.8 Å². The number of hydrogen-bond donors (Lipinski definition) is 0. The molecule has 0 saturated carbocycles. The molecule has 20 heavy (non-hydrogen) atoms. The number of hydrogen-bond acceptors (Lipinski definition) is 2. The normalized spacial score (nSPS) is 14.4. The van der Waals surface area contributed by atoms with Gasteiger partial charge >= 0.3 is 11.7 Å². The Balaban J connectivity index is 3.57. The lowest BCUT2D eigenvalue weighted by Crippen LogP contribution is -2.31. The first-order chi connectivity index (χ1) is 8.87. The van der Waals surface area contributed by atoms with Crippen molar-refractivity contribution in [2.75, 3.05) is 0 Å². The lowest BCUT2D eigenvalue weighted by molar-refractivity contribution is -0.0885. The first-order valence-electron chi connectivity index (χ1n) is 4.72. The molecule has 0 N–H and O–H groups in total. The van der Waals surface area contributed by atoms with E-state index in [1.54, 1.807) is 0 Å². The third kappa shape index (κ3) is 3.45. The zero-order chi connectivity index (χ0) is 15.8. The second-order valence-corrected chi connectivity index (χ2v) is 5.79. The predicted octanol–water partition coefficient (Wildman–Crippen LogP) is 4.18. The van der Waals surface area contributed by atoms with Gasteiger partial charge in [-0.2, -0.15) is 26.3 Å². The van der Waals surface area contributed by atoms with E-state index in [-0.39, 0.29) is 11.1 Å². The van der Waals surface area contributed by atoms with Gasteiger partial charge in [-0.05, 0) is 17.7 Å². The Hall–Kier alpha value is -1.22. The Labute approximate surface area is 114 Å². The molecule has 1 aromatic rings. The number of sulfone groups is 1. The Bertz CT molecular complexity index is 630. The van der Waals surface area contributed by atoms with E-state index < -0.39 is 32.0 Å². The Morgan fingerprint density at radius 3 is 1.95 bits per heavy atom. The molecule has 0 fully saturated rings. The highest BCUT2D eigenvalue weighted by molar-refractivity contribution is 7.96. The van der Waals surface area contributed by atoms with Crippen LogP contribution in [0.2, 0.25) is 5.02 Å². The fourth-order valence-electron chi connectivity index (χ4n) is 1.17. The van der Waals surface area contributed by atoms with E-state index >= 15 is 0 Å². The van der Waals surface area contributed by atoms with Crippen LogP contribution in [0.25, 0.3) is 6.08 Å². The third-order valence-corrected chi connectivity index (χ3v) is 3.95. The van der Waals surface area contributed by atoms with E-state index in [4.69, 9.17) is 11.6 Å². The van der Waals surface area contributed by atoms with Crippen LogP contribution in [-0.2, 0) is 9.84 Å². The van der Waals surface area contributed by atoms with Crippen LogP contribution in [0, 0.1) is 0 Å². The smallest absolute Gasteiger partial charge is 0.214 e. The molecule has 0 amide bonds. The number of benzene rings is 1. The maximum Gasteiger partial charge on any atom is 0.501 e.